The maximum Gasteiger partial charge on any atom is 0.315 e. The average Bonchev–Trinajstić information content (AvgIpc) is 2.99. The quantitative estimate of drug-likeness (QED) is 0.816. The van der Waals surface area contributed by atoms with Gasteiger partial charge in [0.05, 0.1) is 5.60 Å². The molecule has 1 saturated carbocycles. The number of hydrogen-bond acceptors (Lipinski definition) is 3. The Morgan fingerprint density at radius 3 is 2.71 bits per heavy atom. The Hall–Kier alpha value is -0.810. The zero-order valence-electron chi connectivity index (χ0n) is 14.9. The van der Waals surface area contributed by atoms with Crippen LogP contribution in [0.2, 0.25) is 0 Å². The van der Waals surface area contributed by atoms with Crippen molar-refractivity contribution < 1.29 is 9.53 Å². The van der Waals surface area contributed by atoms with Crippen LogP contribution in [0.25, 0.3) is 0 Å². The van der Waals surface area contributed by atoms with Gasteiger partial charge in [-0.3, -0.25) is 4.90 Å². The zero-order valence-corrected chi connectivity index (χ0v) is 14.9. The Morgan fingerprint density at radius 1 is 0.958 bits per heavy atom. The number of nitrogens with one attached hydrogen (secondary N) is 2. The molecule has 4 rings (SSSR count). The lowest BCUT2D eigenvalue weighted by molar-refractivity contribution is -0.107. The summed E-state index contributed by atoms with van der Waals surface area (Å²) in [6.07, 6.45) is 13.2. The summed E-state index contributed by atoms with van der Waals surface area (Å²) in [5.41, 5.74) is 0.0575. The van der Waals surface area contributed by atoms with Gasteiger partial charge in [-0.15, -0.1) is 0 Å². The summed E-state index contributed by atoms with van der Waals surface area (Å²) in [6, 6.07) is 1.24. The summed E-state index contributed by atoms with van der Waals surface area (Å²) < 4.78 is 6.14. The van der Waals surface area contributed by atoms with Gasteiger partial charge in [-0.2, -0.15) is 0 Å². The fraction of sp³-hybridized carbons (Fsp3) is 0.947. The third kappa shape index (κ3) is 3.57. The zero-order chi connectivity index (χ0) is 16.4. The van der Waals surface area contributed by atoms with E-state index in [9.17, 15) is 4.79 Å². The Bertz CT molecular complexity index is 444. The molecule has 0 bridgehead atoms. The average molecular weight is 335 g/mol. The highest BCUT2D eigenvalue weighted by molar-refractivity contribution is 5.74. The summed E-state index contributed by atoms with van der Waals surface area (Å²) in [5.74, 6) is 0. The first-order valence-corrected chi connectivity index (χ1v) is 10.2. The molecule has 5 nitrogen and oxygen atoms in total. The molecule has 1 spiro atoms. The molecule has 3 atom stereocenters. The number of piperidine rings is 1. The predicted molar refractivity (Wildman–Crippen MR) is 94.1 cm³/mol. The van der Waals surface area contributed by atoms with E-state index in [-0.39, 0.29) is 17.7 Å². The van der Waals surface area contributed by atoms with Gasteiger partial charge in [0.2, 0.25) is 0 Å². The van der Waals surface area contributed by atoms with Crippen LogP contribution >= 0.6 is 0 Å². The molecule has 2 N–H and O–H groups in total. The molecular formula is C19H33N3O2. The minimum absolute atomic E-state index is 0.0466. The van der Waals surface area contributed by atoms with Gasteiger partial charge in [0.15, 0.2) is 0 Å². The molecule has 3 saturated heterocycles. The van der Waals surface area contributed by atoms with Gasteiger partial charge in [0.25, 0.3) is 0 Å². The molecule has 4 fully saturated rings. The summed E-state index contributed by atoms with van der Waals surface area (Å²) >= 11 is 0. The molecule has 3 heterocycles. The summed E-state index contributed by atoms with van der Waals surface area (Å²) in [5, 5.41) is 6.55. The van der Waals surface area contributed by atoms with E-state index in [4.69, 9.17) is 4.74 Å². The molecule has 1 aliphatic carbocycles. The largest absolute Gasteiger partial charge is 0.375 e. The van der Waals surface area contributed by atoms with E-state index < -0.39 is 0 Å². The molecule has 4 aliphatic rings. The molecule has 2 amide bonds. The minimum atomic E-state index is 0.0466. The van der Waals surface area contributed by atoms with Gasteiger partial charge < -0.3 is 15.4 Å². The van der Waals surface area contributed by atoms with Crippen LogP contribution < -0.4 is 10.6 Å². The molecule has 0 radical (unpaired) electrons. The number of hydrogen-bond donors (Lipinski definition) is 2. The number of rotatable bonds is 2. The number of amides is 2. The lowest BCUT2D eigenvalue weighted by Gasteiger charge is -2.43. The number of carbonyl (C=O) groups excluding carboxylic acids is 1. The van der Waals surface area contributed by atoms with Crippen LogP contribution in [0, 0.1) is 0 Å². The van der Waals surface area contributed by atoms with Gasteiger partial charge in [0, 0.05) is 31.3 Å². The maximum absolute atomic E-state index is 12.5. The third-order valence-electron chi connectivity index (χ3n) is 6.77. The van der Waals surface area contributed by atoms with Gasteiger partial charge in [-0.25, -0.2) is 4.79 Å². The maximum atomic E-state index is 12.5. The van der Waals surface area contributed by atoms with Crippen LogP contribution in [0.15, 0.2) is 0 Å². The normalized spacial score (nSPS) is 36.2. The Morgan fingerprint density at radius 2 is 1.83 bits per heavy atom. The monoisotopic (exact) mass is 335 g/mol. The molecule has 5 heteroatoms. The van der Waals surface area contributed by atoms with Crippen molar-refractivity contribution in [2.75, 3.05) is 19.7 Å². The molecular weight excluding hydrogens is 302 g/mol. The van der Waals surface area contributed by atoms with E-state index in [1.54, 1.807) is 0 Å². The van der Waals surface area contributed by atoms with E-state index in [2.05, 4.69) is 15.5 Å². The molecule has 0 unspecified atom stereocenters. The molecule has 24 heavy (non-hydrogen) atoms. The van der Waals surface area contributed by atoms with E-state index in [0.29, 0.717) is 12.1 Å². The second kappa shape index (κ2) is 7.20. The van der Waals surface area contributed by atoms with Crippen molar-refractivity contribution in [2.45, 2.75) is 94.4 Å². The van der Waals surface area contributed by atoms with Crippen molar-refractivity contribution in [3.05, 3.63) is 0 Å². The fourth-order valence-corrected chi connectivity index (χ4v) is 5.51. The van der Waals surface area contributed by atoms with Crippen molar-refractivity contribution in [2.24, 2.45) is 0 Å². The van der Waals surface area contributed by atoms with Crippen LogP contribution in [-0.2, 0) is 4.74 Å². The Balaban J connectivity index is 1.28. The van der Waals surface area contributed by atoms with E-state index in [1.165, 1.54) is 57.9 Å². The Kier molecular flexibility index (Phi) is 5.00. The highest BCUT2D eigenvalue weighted by Gasteiger charge is 2.40. The first kappa shape index (κ1) is 16.6. The topological polar surface area (TPSA) is 53.6 Å². The summed E-state index contributed by atoms with van der Waals surface area (Å²) in [4.78, 5) is 15.1. The van der Waals surface area contributed by atoms with Crippen molar-refractivity contribution in [1.29, 1.82) is 0 Å². The summed E-state index contributed by atoms with van der Waals surface area (Å²) in [6.45, 7) is 3.16. The van der Waals surface area contributed by atoms with E-state index >= 15 is 0 Å². The number of carbonyl (C=O) groups is 1. The van der Waals surface area contributed by atoms with Crippen molar-refractivity contribution in [3.8, 4) is 0 Å². The number of urea groups is 1. The highest BCUT2D eigenvalue weighted by Crippen LogP contribution is 2.38. The third-order valence-corrected chi connectivity index (χ3v) is 6.77. The second-order valence-corrected chi connectivity index (χ2v) is 8.39. The lowest BCUT2D eigenvalue weighted by atomic mass is 9.78. The van der Waals surface area contributed by atoms with Crippen LogP contribution in [0.4, 0.5) is 4.79 Å². The number of ether oxygens (including phenoxy) is 1. The highest BCUT2D eigenvalue weighted by atomic mass is 16.5. The molecule has 0 aromatic heterocycles. The van der Waals surface area contributed by atoms with Crippen LogP contribution in [0.1, 0.15) is 70.6 Å². The molecule has 136 valence electrons. The van der Waals surface area contributed by atoms with Crippen LogP contribution in [0.5, 0.6) is 0 Å². The predicted octanol–water partition coefficient (Wildman–Crippen LogP) is 2.79. The molecule has 3 aliphatic heterocycles. The van der Waals surface area contributed by atoms with Gasteiger partial charge in [-0.05, 0) is 51.5 Å². The van der Waals surface area contributed by atoms with Crippen LogP contribution in [-0.4, -0.2) is 54.4 Å². The number of fused-ring (bicyclic) bond motifs is 1. The fourth-order valence-electron chi connectivity index (χ4n) is 5.51. The smallest absolute Gasteiger partial charge is 0.315 e. The standard InChI is InChI=1S/C19H33N3O2/c23-18(21-16-7-12-22-11-5-2-6-17(16)22)20-15-8-13-24-19(14-15)9-3-1-4-10-19/h15-17H,1-14H2,(H2,20,21,23)/t15-,16-,17-/m1/s1. The second-order valence-electron chi connectivity index (χ2n) is 8.39. The van der Waals surface area contributed by atoms with Gasteiger partial charge in [0.1, 0.15) is 0 Å². The first-order chi connectivity index (χ1) is 11.7. The van der Waals surface area contributed by atoms with Crippen LogP contribution in [0.3, 0.4) is 0 Å². The minimum Gasteiger partial charge on any atom is -0.375 e. The van der Waals surface area contributed by atoms with Crippen molar-refractivity contribution in [1.82, 2.24) is 15.5 Å². The first-order valence-electron chi connectivity index (χ1n) is 10.2. The molecule has 0 aromatic carbocycles. The lowest BCUT2D eigenvalue weighted by Crippen LogP contribution is -2.54. The SMILES string of the molecule is O=C(N[C@@H]1CCOC2(CCCCC2)C1)N[C@@H]1CCN2CCCC[C@H]12. The number of nitrogens with zero attached hydrogens (tertiary/aromatic N) is 1. The van der Waals surface area contributed by atoms with E-state index in [0.717, 1.165) is 32.4 Å². The van der Waals surface area contributed by atoms with Gasteiger partial charge >= 0.3 is 6.03 Å². The van der Waals surface area contributed by atoms with E-state index in [1.807, 2.05) is 0 Å². The summed E-state index contributed by atoms with van der Waals surface area (Å²) in [7, 11) is 0. The molecule has 0 aromatic rings. The van der Waals surface area contributed by atoms with Crippen molar-refractivity contribution in [3.63, 3.8) is 0 Å². The van der Waals surface area contributed by atoms with Crippen molar-refractivity contribution >= 4 is 6.03 Å². The van der Waals surface area contributed by atoms with Gasteiger partial charge in [-0.1, -0.05) is 25.7 Å². The Labute approximate surface area is 145 Å².